The molecule has 0 bridgehead atoms. The number of hydrogen-bond donors (Lipinski definition) is 1. The van der Waals surface area contributed by atoms with Crippen LogP contribution in [0.5, 0.6) is 0 Å². The summed E-state index contributed by atoms with van der Waals surface area (Å²) < 4.78 is 31.6. The van der Waals surface area contributed by atoms with Gasteiger partial charge in [-0.3, -0.25) is 0 Å². The smallest absolute Gasteiger partial charge is 0.408 e. The standard InChI is InChI=1S/C35H43NO6/c1-5-15-29-31(36-34(37)42-35(2,3)4)33(40-24-28-20-13-8-14-21-28)32(39-23-27-18-11-7-12-19-27)30(41-29)25-38-22-26-16-9-6-10-17-26/h5-14,16-21,29-33H,1,15,22-25H2,2-4H3,(H,36,37)/t29-,30?,31?,32-,33+/m0/s1. The molecule has 1 aliphatic rings. The first-order valence-corrected chi connectivity index (χ1v) is 14.5. The molecule has 1 fully saturated rings. The van der Waals surface area contributed by atoms with Gasteiger partial charge in [-0.15, -0.1) is 6.58 Å². The summed E-state index contributed by atoms with van der Waals surface area (Å²) in [4.78, 5) is 13.1. The third kappa shape index (κ3) is 9.81. The average Bonchev–Trinajstić information content (AvgIpc) is 2.97. The molecule has 3 aromatic carbocycles. The third-order valence-corrected chi connectivity index (χ3v) is 6.84. The fourth-order valence-corrected chi connectivity index (χ4v) is 4.93. The van der Waals surface area contributed by atoms with E-state index in [1.807, 2.05) is 112 Å². The van der Waals surface area contributed by atoms with Crippen molar-refractivity contribution in [2.75, 3.05) is 6.61 Å². The van der Waals surface area contributed by atoms with Crippen LogP contribution in [-0.4, -0.2) is 48.8 Å². The van der Waals surface area contributed by atoms with Crippen molar-refractivity contribution in [3.63, 3.8) is 0 Å². The van der Waals surface area contributed by atoms with Gasteiger partial charge in [0.05, 0.1) is 38.6 Å². The number of alkyl carbamates (subject to hydrolysis) is 1. The topological polar surface area (TPSA) is 75.3 Å². The Morgan fingerprint density at radius 1 is 0.786 bits per heavy atom. The zero-order chi connectivity index (χ0) is 29.8. The lowest BCUT2D eigenvalue weighted by atomic mass is 9.90. The summed E-state index contributed by atoms with van der Waals surface area (Å²) in [5.41, 5.74) is 2.44. The fraction of sp³-hybridized carbons (Fsp3) is 0.400. The van der Waals surface area contributed by atoms with Crippen molar-refractivity contribution in [1.29, 1.82) is 0 Å². The van der Waals surface area contributed by atoms with Gasteiger partial charge in [0.2, 0.25) is 0 Å². The van der Waals surface area contributed by atoms with Gasteiger partial charge in [0.25, 0.3) is 0 Å². The second-order valence-electron chi connectivity index (χ2n) is 11.4. The minimum Gasteiger partial charge on any atom is -0.444 e. The van der Waals surface area contributed by atoms with E-state index >= 15 is 0 Å². The van der Waals surface area contributed by atoms with E-state index in [-0.39, 0.29) is 6.61 Å². The highest BCUT2D eigenvalue weighted by Gasteiger charge is 2.48. The molecule has 224 valence electrons. The lowest BCUT2D eigenvalue weighted by Crippen LogP contribution is -2.65. The molecule has 7 heteroatoms. The van der Waals surface area contributed by atoms with Crippen LogP contribution < -0.4 is 5.32 Å². The van der Waals surface area contributed by atoms with Gasteiger partial charge in [0.1, 0.15) is 23.9 Å². The van der Waals surface area contributed by atoms with Crippen LogP contribution in [0.1, 0.15) is 43.9 Å². The van der Waals surface area contributed by atoms with Gasteiger partial charge in [-0.25, -0.2) is 4.79 Å². The zero-order valence-corrected chi connectivity index (χ0v) is 24.8. The van der Waals surface area contributed by atoms with Crippen molar-refractivity contribution in [3.8, 4) is 0 Å². The van der Waals surface area contributed by atoms with E-state index < -0.39 is 42.2 Å². The van der Waals surface area contributed by atoms with Crippen LogP contribution in [0, 0.1) is 0 Å². The maximum atomic E-state index is 13.1. The Labute approximate surface area is 249 Å². The second-order valence-corrected chi connectivity index (χ2v) is 11.4. The van der Waals surface area contributed by atoms with Crippen molar-refractivity contribution < 1.29 is 28.5 Å². The zero-order valence-electron chi connectivity index (χ0n) is 24.8. The molecular weight excluding hydrogens is 530 g/mol. The van der Waals surface area contributed by atoms with E-state index in [9.17, 15) is 4.79 Å². The SMILES string of the molecule is C=CC[C@@H]1OC(COCc2ccccc2)[C@H](OCc2ccccc2)[C@H](OCc2ccccc2)C1NC(=O)OC(C)(C)C. The van der Waals surface area contributed by atoms with Crippen LogP contribution in [0.3, 0.4) is 0 Å². The van der Waals surface area contributed by atoms with E-state index in [1.165, 1.54) is 0 Å². The molecule has 5 atom stereocenters. The minimum absolute atomic E-state index is 0.284. The molecule has 7 nitrogen and oxygen atoms in total. The summed E-state index contributed by atoms with van der Waals surface area (Å²) in [7, 11) is 0. The quantitative estimate of drug-likeness (QED) is 0.232. The lowest BCUT2D eigenvalue weighted by Gasteiger charge is -2.46. The molecule has 2 unspecified atom stereocenters. The van der Waals surface area contributed by atoms with Crippen molar-refractivity contribution >= 4 is 6.09 Å². The predicted octanol–water partition coefficient (Wildman–Crippen LogP) is 6.61. The van der Waals surface area contributed by atoms with Gasteiger partial charge in [-0.2, -0.15) is 0 Å². The number of nitrogens with one attached hydrogen (secondary N) is 1. The fourth-order valence-electron chi connectivity index (χ4n) is 4.93. The van der Waals surface area contributed by atoms with Crippen molar-refractivity contribution in [2.45, 2.75) is 83.1 Å². The molecule has 42 heavy (non-hydrogen) atoms. The largest absolute Gasteiger partial charge is 0.444 e. The minimum atomic E-state index is -0.662. The molecule has 0 aromatic heterocycles. The molecule has 1 heterocycles. The molecule has 1 amide bonds. The van der Waals surface area contributed by atoms with Crippen LogP contribution in [0.25, 0.3) is 0 Å². The number of benzene rings is 3. The van der Waals surface area contributed by atoms with Crippen LogP contribution in [0.4, 0.5) is 4.79 Å². The highest BCUT2D eigenvalue weighted by molar-refractivity contribution is 5.68. The molecule has 4 rings (SSSR count). The van der Waals surface area contributed by atoms with E-state index in [1.54, 1.807) is 6.08 Å². The highest BCUT2D eigenvalue weighted by atomic mass is 16.6. The number of rotatable bonds is 13. The summed E-state index contributed by atoms with van der Waals surface area (Å²) in [6.45, 7) is 10.8. The van der Waals surface area contributed by atoms with Crippen LogP contribution in [-0.2, 0) is 43.5 Å². The van der Waals surface area contributed by atoms with E-state index in [0.717, 1.165) is 16.7 Å². The highest BCUT2D eigenvalue weighted by Crippen LogP contribution is 2.30. The van der Waals surface area contributed by atoms with Crippen molar-refractivity contribution in [2.24, 2.45) is 0 Å². The third-order valence-electron chi connectivity index (χ3n) is 6.84. The Hall–Kier alpha value is -3.49. The van der Waals surface area contributed by atoms with E-state index in [2.05, 4.69) is 11.9 Å². The predicted molar refractivity (Wildman–Crippen MR) is 163 cm³/mol. The maximum Gasteiger partial charge on any atom is 0.408 e. The monoisotopic (exact) mass is 573 g/mol. The Bertz CT molecular complexity index is 1210. The summed E-state index contributed by atoms with van der Waals surface area (Å²) >= 11 is 0. The summed E-state index contributed by atoms with van der Waals surface area (Å²) in [5.74, 6) is 0. The molecule has 0 spiro atoms. The Kier molecular flexibility index (Phi) is 11.7. The van der Waals surface area contributed by atoms with Crippen LogP contribution in [0.15, 0.2) is 104 Å². The van der Waals surface area contributed by atoms with Crippen molar-refractivity contribution in [3.05, 3.63) is 120 Å². The average molecular weight is 574 g/mol. The van der Waals surface area contributed by atoms with Gasteiger partial charge >= 0.3 is 6.09 Å². The van der Waals surface area contributed by atoms with Crippen molar-refractivity contribution in [1.82, 2.24) is 5.32 Å². The molecule has 1 saturated heterocycles. The molecular formula is C35H43NO6. The Morgan fingerprint density at radius 3 is 1.79 bits per heavy atom. The molecule has 1 aliphatic heterocycles. The summed E-state index contributed by atoms with van der Waals surface area (Å²) in [5, 5.41) is 3.05. The first-order chi connectivity index (χ1) is 20.3. The van der Waals surface area contributed by atoms with E-state index in [0.29, 0.717) is 26.2 Å². The summed E-state index contributed by atoms with van der Waals surface area (Å²) in [6, 6.07) is 29.3. The van der Waals surface area contributed by atoms with Gasteiger partial charge in [0.15, 0.2) is 0 Å². The van der Waals surface area contributed by atoms with Gasteiger partial charge in [-0.05, 0) is 43.9 Å². The number of amides is 1. The first-order valence-electron chi connectivity index (χ1n) is 14.5. The van der Waals surface area contributed by atoms with Crippen LogP contribution >= 0.6 is 0 Å². The lowest BCUT2D eigenvalue weighted by molar-refractivity contribution is -0.231. The number of carbonyl (C=O) groups excluding carboxylic acids is 1. The number of hydrogen-bond acceptors (Lipinski definition) is 6. The molecule has 0 saturated carbocycles. The molecule has 3 aromatic rings. The Morgan fingerprint density at radius 2 is 1.29 bits per heavy atom. The normalized spacial score (nSPS) is 22.3. The maximum absolute atomic E-state index is 13.1. The first kappa shape index (κ1) is 31.4. The number of carbonyl (C=O) groups is 1. The second kappa shape index (κ2) is 15.7. The molecule has 1 N–H and O–H groups in total. The van der Waals surface area contributed by atoms with Gasteiger partial charge in [0, 0.05) is 0 Å². The number of ether oxygens (including phenoxy) is 5. The molecule has 0 radical (unpaired) electrons. The molecule has 0 aliphatic carbocycles. The summed E-state index contributed by atoms with van der Waals surface area (Å²) in [6.07, 6.45) is -0.269. The van der Waals surface area contributed by atoms with Gasteiger partial charge < -0.3 is 29.0 Å². The van der Waals surface area contributed by atoms with Crippen LogP contribution in [0.2, 0.25) is 0 Å². The Balaban J connectivity index is 1.62. The van der Waals surface area contributed by atoms with E-state index in [4.69, 9.17) is 23.7 Å². The van der Waals surface area contributed by atoms with Gasteiger partial charge in [-0.1, -0.05) is 97.1 Å².